The van der Waals surface area contributed by atoms with E-state index in [4.69, 9.17) is 21.5 Å². The van der Waals surface area contributed by atoms with Crippen molar-refractivity contribution >= 4 is 40.7 Å². The fourth-order valence-corrected chi connectivity index (χ4v) is 1.94. The van der Waals surface area contributed by atoms with Crippen molar-refractivity contribution in [1.82, 2.24) is 20.0 Å². The highest BCUT2D eigenvalue weighted by Gasteiger charge is 2.09. The monoisotopic (exact) mass is 333 g/mol. The van der Waals surface area contributed by atoms with Gasteiger partial charge in [-0.2, -0.15) is 15.0 Å². The van der Waals surface area contributed by atoms with Gasteiger partial charge in [0.15, 0.2) is 0 Å². The maximum absolute atomic E-state index is 11.9. The summed E-state index contributed by atoms with van der Waals surface area (Å²) in [6.45, 7) is -0.229. The van der Waals surface area contributed by atoms with Crippen LogP contribution in [-0.2, 0) is 16.1 Å². The molecule has 0 spiro atoms. The summed E-state index contributed by atoms with van der Waals surface area (Å²) in [6.07, 6.45) is 3.03. The summed E-state index contributed by atoms with van der Waals surface area (Å²) in [5.41, 5.74) is 2.02. The molecule has 0 bridgehead atoms. The number of anilines is 1. The lowest BCUT2D eigenvalue weighted by Gasteiger charge is -2.05. The second-order valence-corrected chi connectivity index (χ2v) is 4.64. The number of nitrogens with zero attached hydrogens (tertiary/aromatic N) is 4. The molecule has 23 heavy (non-hydrogen) atoms. The van der Waals surface area contributed by atoms with Gasteiger partial charge in [0.05, 0.1) is 10.7 Å². The lowest BCUT2D eigenvalue weighted by molar-refractivity contribution is -0.123. The number of carbonyl (C=O) groups is 2. The summed E-state index contributed by atoms with van der Waals surface area (Å²) >= 11 is 5.92. The Morgan fingerprint density at radius 3 is 2.43 bits per heavy atom. The van der Waals surface area contributed by atoms with Crippen LogP contribution in [0.5, 0.6) is 0 Å². The number of rotatable bonds is 3. The molecule has 2 aromatic heterocycles. The highest BCUT2D eigenvalue weighted by atomic mass is 35.5. The largest absolute Gasteiger partial charge is 0.483 e. The van der Waals surface area contributed by atoms with E-state index in [9.17, 15) is 4.79 Å². The maximum atomic E-state index is 11.9. The molecular weight excluding hydrogens is 322 g/mol. The van der Waals surface area contributed by atoms with Crippen molar-refractivity contribution in [3.8, 4) is 0 Å². The van der Waals surface area contributed by atoms with Crippen molar-refractivity contribution < 1.29 is 14.7 Å². The highest BCUT2D eigenvalue weighted by Crippen LogP contribution is 2.18. The van der Waals surface area contributed by atoms with Gasteiger partial charge in [-0.25, -0.2) is 0 Å². The van der Waals surface area contributed by atoms with Crippen LogP contribution in [0, 0.1) is 0 Å². The van der Waals surface area contributed by atoms with E-state index < -0.39 is 0 Å². The van der Waals surface area contributed by atoms with Gasteiger partial charge >= 0.3 is 0 Å². The zero-order valence-electron chi connectivity index (χ0n) is 11.8. The normalized spacial score (nSPS) is 9.78. The van der Waals surface area contributed by atoms with Gasteiger partial charge in [0.2, 0.25) is 5.91 Å². The van der Waals surface area contributed by atoms with Gasteiger partial charge in [0.25, 0.3) is 6.47 Å². The standard InChI is InChI=1S/C13H10ClN5O.CH2O2/c14-9-7-15-6-5-10(9)16-13(20)8-19-17-11-3-1-2-4-12(11)18-19;2-1-3/h1-7H,8H2,(H,15,16,20);1H,(H,2,3). The Morgan fingerprint density at radius 2 is 1.87 bits per heavy atom. The molecule has 0 radical (unpaired) electrons. The summed E-state index contributed by atoms with van der Waals surface area (Å²) in [5, 5.41) is 18.4. The maximum Gasteiger partial charge on any atom is 0.290 e. The zero-order chi connectivity index (χ0) is 16.7. The van der Waals surface area contributed by atoms with Crippen molar-refractivity contribution in [3.63, 3.8) is 0 Å². The van der Waals surface area contributed by atoms with Gasteiger partial charge in [0, 0.05) is 12.4 Å². The fraction of sp³-hybridized carbons (Fsp3) is 0.0714. The van der Waals surface area contributed by atoms with Crippen LogP contribution in [0.2, 0.25) is 5.02 Å². The summed E-state index contributed by atoms with van der Waals surface area (Å²) in [4.78, 5) is 25.5. The molecule has 118 valence electrons. The Labute approximate surface area is 135 Å². The van der Waals surface area contributed by atoms with Crippen LogP contribution in [-0.4, -0.2) is 37.5 Å². The third kappa shape index (κ3) is 4.48. The molecule has 2 N–H and O–H groups in total. The van der Waals surface area contributed by atoms with E-state index in [1.807, 2.05) is 24.3 Å². The molecule has 0 aliphatic carbocycles. The van der Waals surface area contributed by atoms with Crippen molar-refractivity contribution in [2.75, 3.05) is 5.32 Å². The van der Waals surface area contributed by atoms with E-state index in [0.29, 0.717) is 10.7 Å². The Bertz CT molecular complexity index is 788. The second kappa shape index (κ2) is 7.85. The molecule has 2 heterocycles. The van der Waals surface area contributed by atoms with Crippen LogP contribution in [0.3, 0.4) is 0 Å². The Morgan fingerprint density at radius 1 is 1.26 bits per heavy atom. The van der Waals surface area contributed by atoms with Crippen LogP contribution in [0.1, 0.15) is 0 Å². The molecule has 9 heteroatoms. The molecule has 0 atom stereocenters. The van der Waals surface area contributed by atoms with Gasteiger partial charge in [-0.05, 0) is 18.2 Å². The second-order valence-electron chi connectivity index (χ2n) is 4.23. The first-order valence-corrected chi connectivity index (χ1v) is 6.79. The number of carbonyl (C=O) groups excluding carboxylic acids is 1. The minimum atomic E-state index is -0.251. The smallest absolute Gasteiger partial charge is 0.290 e. The summed E-state index contributed by atoms with van der Waals surface area (Å²) in [5.74, 6) is -0.251. The minimum Gasteiger partial charge on any atom is -0.483 e. The molecule has 0 saturated heterocycles. The third-order valence-corrected chi connectivity index (χ3v) is 2.96. The predicted molar refractivity (Wildman–Crippen MR) is 84.1 cm³/mol. The average Bonchev–Trinajstić information content (AvgIpc) is 2.92. The third-order valence-electron chi connectivity index (χ3n) is 2.66. The molecule has 3 rings (SSSR count). The van der Waals surface area contributed by atoms with Gasteiger partial charge in [-0.1, -0.05) is 23.7 Å². The van der Waals surface area contributed by atoms with Crippen LogP contribution in [0.25, 0.3) is 11.0 Å². The number of nitrogens with one attached hydrogen (secondary N) is 1. The van der Waals surface area contributed by atoms with Crippen molar-refractivity contribution in [3.05, 3.63) is 47.7 Å². The number of carboxylic acid groups (broad SMARTS) is 1. The number of amides is 1. The first kappa shape index (κ1) is 16.4. The molecular formula is C14H12ClN5O3. The lowest BCUT2D eigenvalue weighted by atomic mass is 10.3. The summed E-state index contributed by atoms with van der Waals surface area (Å²) in [7, 11) is 0. The fourth-order valence-electron chi connectivity index (χ4n) is 1.77. The molecule has 0 aliphatic rings. The van der Waals surface area contributed by atoms with Crippen LogP contribution in [0.15, 0.2) is 42.7 Å². The molecule has 0 aliphatic heterocycles. The first-order valence-electron chi connectivity index (χ1n) is 6.41. The molecule has 0 fully saturated rings. The average molecular weight is 334 g/mol. The molecule has 1 aromatic carbocycles. The highest BCUT2D eigenvalue weighted by molar-refractivity contribution is 6.33. The van der Waals surface area contributed by atoms with E-state index >= 15 is 0 Å². The van der Waals surface area contributed by atoms with E-state index in [1.54, 1.807) is 12.3 Å². The molecule has 0 unspecified atom stereocenters. The number of hydrogen-bond donors (Lipinski definition) is 2. The Kier molecular flexibility index (Phi) is 5.59. The van der Waals surface area contributed by atoms with Crippen LogP contribution in [0.4, 0.5) is 5.69 Å². The van der Waals surface area contributed by atoms with E-state index in [2.05, 4.69) is 20.5 Å². The van der Waals surface area contributed by atoms with Crippen LogP contribution < -0.4 is 5.32 Å². The van der Waals surface area contributed by atoms with E-state index in [0.717, 1.165) is 11.0 Å². The van der Waals surface area contributed by atoms with Crippen LogP contribution >= 0.6 is 11.6 Å². The SMILES string of the molecule is O=C(Cn1nc2ccccc2n1)Nc1ccncc1Cl.O=CO. The Hall–Kier alpha value is -3.00. The quantitative estimate of drug-likeness (QED) is 0.707. The first-order chi connectivity index (χ1) is 11.1. The number of halogens is 1. The summed E-state index contributed by atoms with van der Waals surface area (Å²) < 4.78 is 0. The van der Waals surface area contributed by atoms with Gasteiger partial charge in [-0.3, -0.25) is 14.6 Å². The topological polar surface area (TPSA) is 110 Å². The molecule has 0 saturated carbocycles. The van der Waals surface area contributed by atoms with Crippen molar-refractivity contribution in [1.29, 1.82) is 0 Å². The number of pyridine rings is 1. The number of hydrogen-bond acceptors (Lipinski definition) is 5. The molecule has 8 nitrogen and oxygen atoms in total. The molecule has 1 amide bonds. The lowest BCUT2D eigenvalue weighted by Crippen LogP contribution is -2.20. The minimum absolute atomic E-state index is 0.0212. The number of benzene rings is 1. The van der Waals surface area contributed by atoms with Gasteiger partial charge in [0.1, 0.15) is 17.6 Å². The van der Waals surface area contributed by atoms with Crippen molar-refractivity contribution in [2.45, 2.75) is 6.54 Å². The zero-order valence-corrected chi connectivity index (χ0v) is 12.5. The Balaban J connectivity index is 0.000000595. The van der Waals surface area contributed by atoms with Crippen molar-refractivity contribution in [2.24, 2.45) is 0 Å². The molecule has 3 aromatic rings. The number of fused-ring (bicyclic) bond motifs is 1. The van der Waals surface area contributed by atoms with E-state index in [1.165, 1.54) is 11.0 Å². The predicted octanol–water partition coefficient (Wildman–Crippen LogP) is 1.82. The van der Waals surface area contributed by atoms with E-state index in [-0.39, 0.29) is 18.9 Å². The van der Waals surface area contributed by atoms with Gasteiger partial charge in [-0.15, -0.1) is 0 Å². The van der Waals surface area contributed by atoms with Gasteiger partial charge < -0.3 is 10.4 Å². The number of aromatic nitrogens is 4. The summed E-state index contributed by atoms with van der Waals surface area (Å²) in [6, 6.07) is 9.07.